The molecule has 1 aliphatic heterocycles. The lowest BCUT2D eigenvalue weighted by atomic mass is 10.1. The van der Waals surface area contributed by atoms with Crippen molar-refractivity contribution in [1.29, 1.82) is 0 Å². The molecule has 25 heavy (non-hydrogen) atoms. The average Bonchev–Trinajstić information content (AvgIpc) is 2.99. The molecule has 0 saturated carbocycles. The van der Waals surface area contributed by atoms with Crippen molar-refractivity contribution in [3.63, 3.8) is 0 Å². The molecule has 3 heterocycles. The molecule has 128 valence electrons. The zero-order valence-electron chi connectivity index (χ0n) is 13.6. The van der Waals surface area contributed by atoms with Crippen molar-refractivity contribution in [1.82, 2.24) is 19.5 Å². The van der Waals surface area contributed by atoms with Crippen LogP contribution in [0.25, 0.3) is 0 Å². The summed E-state index contributed by atoms with van der Waals surface area (Å²) in [5.74, 6) is 0.668. The van der Waals surface area contributed by atoms with Crippen LogP contribution in [0.1, 0.15) is 17.0 Å². The minimum Gasteiger partial charge on any atom is -0.390 e. The second kappa shape index (κ2) is 6.47. The van der Waals surface area contributed by atoms with E-state index in [1.54, 1.807) is 35.4 Å². The van der Waals surface area contributed by atoms with E-state index in [0.717, 1.165) is 26.9 Å². The van der Waals surface area contributed by atoms with Crippen molar-refractivity contribution in [2.75, 3.05) is 11.6 Å². The molecule has 3 aromatic rings. The third-order valence-electron chi connectivity index (χ3n) is 4.27. The number of anilines is 2. The first-order valence-electron chi connectivity index (χ1n) is 7.83. The normalized spacial score (nSPS) is 12.8. The van der Waals surface area contributed by atoms with Gasteiger partial charge in [0.1, 0.15) is 11.8 Å². The number of imidazole rings is 1. The summed E-state index contributed by atoms with van der Waals surface area (Å²) in [5.41, 5.74) is 3.63. The summed E-state index contributed by atoms with van der Waals surface area (Å²) in [4.78, 5) is 15.7. The van der Waals surface area contributed by atoms with Gasteiger partial charge in [0, 0.05) is 29.5 Å². The maximum absolute atomic E-state index is 9.85. The van der Waals surface area contributed by atoms with Crippen molar-refractivity contribution in [3.05, 3.63) is 53.9 Å². The fourth-order valence-electron chi connectivity index (χ4n) is 2.89. The fraction of sp³-hybridized carbons (Fsp3) is 0.235. The molecule has 2 N–H and O–H groups in total. The molecule has 0 saturated heterocycles. The number of hydrogen-bond acceptors (Lipinski definition) is 7. The molecule has 0 bridgehead atoms. The molecular weight excluding hydrogens is 338 g/mol. The van der Waals surface area contributed by atoms with Gasteiger partial charge in [-0.05, 0) is 24.6 Å². The van der Waals surface area contributed by atoms with E-state index in [9.17, 15) is 10.2 Å². The van der Waals surface area contributed by atoms with Gasteiger partial charge in [-0.25, -0.2) is 15.0 Å². The van der Waals surface area contributed by atoms with E-state index in [1.807, 2.05) is 23.6 Å². The largest absolute Gasteiger partial charge is 0.390 e. The lowest BCUT2D eigenvalue weighted by molar-refractivity contribution is 0.276. The van der Waals surface area contributed by atoms with E-state index in [1.165, 1.54) is 0 Å². The summed E-state index contributed by atoms with van der Waals surface area (Å²) >= 11 is 1.55. The second-order valence-electron chi connectivity index (χ2n) is 5.72. The smallest absolute Gasteiger partial charge is 0.168 e. The molecule has 0 radical (unpaired) electrons. The lowest BCUT2D eigenvalue weighted by Crippen LogP contribution is -2.23. The molecule has 4 rings (SSSR count). The predicted octanol–water partition coefficient (Wildman–Crippen LogP) is 2.07. The van der Waals surface area contributed by atoms with Gasteiger partial charge in [-0.1, -0.05) is 17.8 Å². The molecule has 0 atom stereocenters. The first kappa shape index (κ1) is 16.1. The molecule has 0 fully saturated rings. The molecule has 1 aliphatic rings. The van der Waals surface area contributed by atoms with Crippen LogP contribution >= 0.6 is 11.8 Å². The summed E-state index contributed by atoms with van der Waals surface area (Å²) in [6, 6.07) is 6.14. The standard InChI is InChI=1S/C17H17N5O2S/c1-11-13(8-23)20-9-21(11)7-12-2-3-15-14(6-12)22(10-24)16-17(25-15)19-5-4-18-16/h2-6,9,23-24H,7-8,10H2,1H3. The lowest BCUT2D eigenvalue weighted by Gasteiger charge is -2.29. The maximum Gasteiger partial charge on any atom is 0.168 e. The molecule has 0 spiro atoms. The Hall–Kier alpha value is -2.42. The highest BCUT2D eigenvalue weighted by molar-refractivity contribution is 7.99. The zero-order valence-corrected chi connectivity index (χ0v) is 14.4. The van der Waals surface area contributed by atoms with E-state index < -0.39 is 0 Å². The van der Waals surface area contributed by atoms with Crippen LogP contribution in [0.2, 0.25) is 0 Å². The van der Waals surface area contributed by atoms with Gasteiger partial charge in [-0.15, -0.1) is 0 Å². The Morgan fingerprint density at radius 3 is 2.72 bits per heavy atom. The third-order valence-corrected chi connectivity index (χ3v) is 5.31. The van der Waals surface area contributed by atoms with E-state index in [2.05, 4.69) is 21.0 Å². The molecule has 8 heteroatoms. The maximum atomic E-state index is 9.85. The predicted molar refractivity (Wildman–Crippen MR) is 93.8 cm³/mol. The first-order valence-corrected chi connectivity index (χ1v) is 8.64. The van der Waals surface area contributed by atoms with Crippen LogP contribution in [-0.2, 0) is 13.2 Å². The first-order chi connectivity index (χ1) is 12.2. The fourth-order valence-corrected chi connectivity index (χ4v) is 3.88. The molecular formula is C17H17N5O2S. The number of aliphatic hydroxyl groups excluding tert-OH is 2. The van der Waals surface area contributed by atoms with Gasteiger partial charge in [0.25, 0.3) is 0 Å². The van der Waals surface area contributed by atoms with E-state index >= 15 is 0 Å². The van der Waals surface area contributed by atoms with Crippen LogP contribution in [0.5, 0.6) is 0 Å². The monoisotopic (exact) mass is 355 g/mol. The highest BCUT2D eigenvalue weighted by Gasteiger charge is 2.25. The minimum absolute atomic E-state index is 0.0621. The number of aliphatic hydroxyl groups is 2. The Kier molecular flexibility index (Phi) is 4.16. The summed E-state index contributed by atoms with van der Waals surface area (Å²) in [6.07, 6.45) is 5.02. The Morgan fingerprint density at radius 2 is 1.96 bits per heavy atom. The number of fused-ring (bicyclic) bond motifs is 2. The van der Waals surface area contributed by atoms with Crippen molar-refractivity contribution in [3.8, 4) is 0 Å². The number of hydrogen-bond donors (Lipinski definition) is 2. The number of aromatic nitrogens is 4. The quantitative estimate of drug-likeness (QED) is 0.741. The second-order valence-corrected chi connectivity index (χ2v) is 6.75. The van der Waals surface area contributed by atoms with Crippen molar-refractivity contribution in [2.45, 2.75) is 30.0 Å². The summed E-state index contributed by atoms with van der Waals surface area (Å²) in [5, 5.41) is 19.9. The Bertz CT molecular complexity index is 927. The van der Waals surface area contributed by atoms with Gasteiger partial charge >= 0.3 is 0 Å². The Morgan fingerprint density at radius 1 is 1.12 bits per heavy atom. The van der Waals surface area contributed by atoms with Gasteiger partial charge in [0.15, 0.2) is 5.82 Å². The molecule has 0 unspecified atom stereocenters. The SMILES string of the molecule is Cc1c(CO)ncn1Cc1ccc2c(c1)N(CO)c1nccnc1S2. The summed E-state index contributed by atoms with van der Waals surface area (Å²) in [7, 11) is 0. The van der Waals surface area contributed by atoms with Gasteiger partial charge in [0.2, 0.25) is 0 Å². The van der Waals surface area contributed by atoms with Gasteiger partial charge in [-0.2, -0.15) is 0 Å². The number of benzene rings is 1. The van der Waals surface area contributed by atoms with E-state index in [-0.39, 0.29) is 13.3 Å². The Labute approximate surface area is 149 Å². The van der Waals surface area contributed by atoms with Crippen molar-refractivity contribution < 1.29 is 10.2 Å². The van der Waals surface area contributed by atoms with E-state index in [4.69, 9.17) is 0 Å². The summed E-state index contributed by atoms with van der Waals surface area (Å²) in [6.45, 7) is 2.36. The van der Waals surface area contributed by atoms with E-state index in [0.29, 0.717) is 18.1 Å². The van der Waals surface area contributed by atoms with Crippen LogP contribution in [0.15, 0.2) is 46.8 Å². The van der Waals surface area contributed by atoms with Crippen molar-refractivity contribution >= 4 is 23.3 Å². The number of rotatable bonds is 4. The molecule has 0 aliphatic carbocycles. The van der Waals surface area contributed by atoms with Gasteiger partial charge < -0.3 is 14.8 Å². The summed E-state index contributed by atoms with van der Waals surface area (Å²) < 4.78 is 2.00. The highest BCUT2D eigenvalue weighted by Crippen LogP contribution is 2.45. The highest BCUT2D eigenvalue weighted by atomic mass is 32.2. The van der Waals surface area contributed by atoms with Gasteiger partial charge in [-0.3, -0.25) is 4.90 Å². The zero-order chi connectivity index (χ0) is 17.4. The van der Waals surface area contributed by atoms with Crippen LogP contribution in [0.4, 0.5) is 11.5 Å². The Balaban J connectivity index is 1.69. The number of nitrogens with zero attached hydrogens (tertiary/aromatic N) is 5. The molecule has 2 aromatic heterocycles. The molecule has 7 nitrogen and oxygen atoms in total. The van der Waals surface area contributed by atoms with Crippen LogP contribution in [0.3, 0.4) is 0 Å². The average molecular weight is 355 g/mol. The van der Waals surface area contributed by atoms with Crippen LogP contribution in [0, 0.1) is 6.92 Å². The molecule has 1 aromatic carbocycles. The van der Waals surface area contributed by atoms with Crippen LogP contribution in [-0.4, -0.2) is 36.5 Å². The van der Waals surface area contributed by atoms with Crippen molar-refractivity contribution in [2.24, 2.45) is 0 Å². The minimum atomic E-state index is -0.165. The third kappa shape index (κ3) is 2.78. The van der Waals surface area contributed by atoms with Crippen LogP contribution < -0.4 is 4.90 Å². The molecule has 0 amide bonds. The topological polar surface area (TPSA) is 87.3 Å². The van der Waals surface area contributed by atoms with Gasteiger partial charge in [0.05, 0.1) is 24.3 Å².